The molecule has 0 unspecified atom stereocenters. The number of esters is 1. The summed E-state index contributed by atoms with van der Waals surface area (Å²) in [7, 11) is 1.14. The average Bonchev–Trinajstić information content (AvgIpc) is 2.38. The molecule has 1 aromatic heterocycles. The summed E-state index contributed by atoms with van der Waals surface area (Å²) >= 11 is 0. The summed E-state index contributed by atoms with van der Waals surface area (Å²) in [5.74, 6) is -2.60. The van der Waals surface area contributed by atoms with Gasteiger partial charge < -0.3 is 15.2 Å². The van der Waals surface area contributed by atoms with Gasteiger partial charge in [0.2, 0.25) is 0 Å². The highest BCUT2D eigenvalue weighted by Crippen LogP contribution is 2.00. The number of methoxy groups -OCH3 is 1. The van der Waals surface area contributed by atoms with Crippen molar-refractivity contribution in [1.29, 1.82) is 0 Å². The van der Waals surface area contributed by atoms with Gasteiger partial charge in [-0.3, -0.25) is 14.6 Å². The zero-order chi connectivity index (χ0) is 13.5. The lowest BCUT2D eigenvalue weighted by atomic mass is 10.2. The van der Waals surface area contributed by atoms with Gasteiger partial charge in [0, 0.05) is 18.0 Å². The van der Waals surface area contributed by atoms with E-state index in [1.807, 2.05) is 0 Å². The molecular formula is C11H12N2O5. The quantitative estimate of drug-likeness (QED) is 0.705. The van der Waals surface area contributed by atoms with Crippen LogP contribution in [0.3, 0.4) is 0 Å². The molecule has 0 spiro atoms. The minimum Gasteiger partial charge on any atom is -0.480 e. The monoisotopic (exact) mass is 252 g/mol. The van der Waals surface area contributed by atoms with Gasteiger partial charge in [-0.05, 0) is 12.1 Å². The Kier molecular flexibility index (Phi) is 4.79. The normalized spacial score (nSPS) is 11.4. The molecule has 0 saturated heterocycles. The van der Waals surface area contributed by atoms with Crippen LogP contribution in [0.15, 0.2) is 24.5 Å². The first-order chi connectivity index (χ1) is 8.54. The van der Waals surface area contributed by atoms with Gasteiger partial charge in [-0.25, -0.2) is 4.79 Å². The molecule has 1 aromatic rings. The molecule has 1 rings (SSSR count). The largest absolute Gasteiger partial charge is 0.480 e. The first-order valence-corrected chi connectivity index (χ1v) is 5.05. The summed E-state index contributed by atoms with van der Waals surface area (Å²) in [5.41, 5.74) is 0.265. The van der Waals surface area contributed by atoms with Crippen molar-refractivity contribution in [3.63, 3.8) is 0 Å². The zero-order valence-electron chi connectivity index (χ0n) is 9.62. The second-order valence-electron chi connectivity index (χ2n) is 3.38. The highest BCUT2D eigenvalue weighted by molar-refractivity contribution is 5.97. The van der Waals surface area contributed by atoms with E-state index < -0.39 is 30.3 Å². The molecule has 7 nitrogen and oxygen atoms in total. The van der Waals surface area contributed by atoms with E-state index in [4.69, 9.17) is 5.11 Å². The van der Waals surface area contributed by atoms with Crippen LogP contribution in [-0.4, -0.2) is 41.1 Å². The molecule has 0 aromatic carbocycles. The van der Waals surface area contributed by atoms with Crippen LogP contribution in [0.4, 0.5) is 0 Å². The van der Waals surface area contributed by atoms with E-state index >= 15 is 0 Å². The molecule has 1 amide bonds. The molecule has 2 N–H and O–H groups in total. The Morgan fingerprint density at radius 1 is 1.39 bits per heavy atom. The molecular weight excluding hydrogens is 240 g/mol. The SMILES string of the molecule is COC(=O)C[C@H](NC(=O)c1ccncc1)C(=O)O. The molecule has 1 heterocycles. The van der Waals surface area contributed by atoms with E-state index in [0.717, 1.165) is 7.11 Å². The summed E-state index contributed by atoms with van der Waals surface area (Å²) < 4.78 is 4.35. The van der Waals surface area contributed by atoms with Crippen molar-refractivity contribution in [2.75, 3.05) is 7.11 Å². The lowest BCUT2D eigenvalue weighted by molar-refractivity contribution is -0.147. The smallest absolute Gasteiger partial charge is 0.326 e. The maximum Gasteiger partial charge on any atom is 0.326 e. The number of rotatable bonds is 5. The Morgan fingerprint density at radius 2 is 2.00 bits per heavy atom. The first kappa shape index (κ1) is 13.6. The number of nitrogens with zero attached hydrogens (tertiary/aromatic N) is 1. The van der Waals surface area contributed by atoms with Gasteiger partial charge in [0.05, 0.1) is 13.5 Å². The molecule has 7 heteroatoms. The molecule has 0 fully saturated rings. The van der Waals surface area contributed by atoms with Gasteiger partial charge in [0.15, 0.2) is 0 Å². The molecule has 1 atom stereocenters. The second kappa shape index (κ2) is 6.33. The molecule has 18 heavy (non-hydrogen) atoms. The van der Waals surface area contributed by atoms with E-state index in [2.05, 4.69) is 15.0 Å². The Morgan fingerprint density at radius 3 is 2.50 bits per heavy atom. The lowest BCUT2D eigenvalue weighted by Gasteiger charge is -2.13. The molecule has 0 aliphatic rings. The summed E-state index contributed by atoms with van der Waals surface area (Å²) in [6.45, 7) is 0. The van der Waals surface area contributed by atoms with Crippen molar-refractivity contribution >= 4 is 17.8 Å². The number of hydrogen-bond acceptors (Lipinski definition) is 5. The van der Waals surface area contributed by atoms with Crippen molar-refractivity contribution in [1.82, 2.24) is 10.3 Å². The third-order valence-corrected chi connectivity index (χ3v) is 2.14. The third-order valence-electron chi connectivity index (χ3n) is 2.14. The van der Waals surface area contributed by atoms with Crippen molar-refractivity contribution in [2.24, 2.45) is 0 Å². The van der Waals surface area contributed by atoms with E-state index in [9.17, 15) is 14.4 Å². The number of carbonyl (C=O) groups excluding carboxylic acids is 2. The molecule has 96 valence electrons. The summed E-state index contributed by atoms with van der Waals surface area (Å²) in [6, 6.07) is 1.55. The molecule has 0 aliphatic carbocycles. The molecule has 0 radical (unpaired) electrons. The maximum atomic E-state index is 11.7. The van der Waals surface area contributed by atoms with Gasteiger partial charge in [-0.2, -0.15) is 0 Å². The van der Waals surface area contributed by atoms with Crippen LogP contribution in [0.25, 0.3) is 0 Å². The van der Waals surface area contributed by atoms with Gasteiger partial charge >= 0.3 is 11.9 Å². The number of carbonyl (C=O) groups is 3. The standard InChI is InChI=1S/C11H12N2O5/c1-18-9(14)6-8(11(16)17)13-10(15)7-2-4-12-5-3-7/h2-5,8H,6H2,1H3,(H,13,15)(H,16,17)/t8-/m0/s1. The fraction of sp³-hybridized carbons (Fsp3) is 0.273. The number of nitrogens with one attached hydrogen (secondary N) is 1. The Labute approximate surface area is 103 Å². The number of amides is 1. The number of aromatic nitrogens is 1. The number of ether oxygens (including phenoxy) is 1. The van der Waals surface area contributed by atoms with E-state index in [1.165, 1.54) is 24.5 Å². The third kappa shape index (κ3) is 3.85. The van der Waals surface area contributed by atoms with Gasteiger partial charge in [-0.15, -0.1) is 0 Å². The van der Waals surface area contributed by atoms with Gasteiger partial charge in [-0.1, -0.05) is 0 Å². The number of aliphatic carboxylic acids is 1. The predicted octanol–water partition coefficient (Wildman–Crippen LogP) is -0.172. The van der Waals surface area contributed by atoms with Crippen LogP contribution in [0.2, 0.25) is 0 Å². The number of carboxylic acid groups (broad SMARTS) is 1. The predicted molar refractivity (Wildman–Crippen MR) is 59.8 cm³/mol. The van der Waals surface area contributed by atoms with E-state index in [-0.39, 0.29) is 5.56 Å². The Balaban J connectivity index is 2.70. The Bertz CT molecular complexity index is 446. The summed E-state index contributed by atoms with van der Waals surface area (Å²) in [5, 5.41) is 11.1. The summed E-state index contributed by atoms with van der Waals surface area (Å²) in [4.78, 5) is 37.3. The fourth-order valence-electron chi connectivity index (χ4n) is 1.19. The molecule has 0 bridgehead atoms. The van der Waals surface area contributed by atoms with Crippen molar-refractivity contribution in [2.45, 2.75) is 12.5 Å². The highest BCUT2D eigenvalue weighted by Gasteiger charge is 2.24. The minimum absolute atomic E-state index is 0.265. The van der Waals surface area contributed by atoms with Crippen LogP contribution in [0, 0.1) is 0 Å². The van der Waals surface area contributed by atoms with Crippen molar-refractivity contribution in [3.8, 4) is 0 Å². The van der Waals surface area contributed by atoms with E-state index in [0.29, 0.717) is 0 Å². The number of pyridine rings is 1. The highest BCUT2D eigenvalue weighted by atomic mass is 16.5. The van der Waals surface area contributed by atoms with Gasteiger partial charge in [0.25, 0.3) is 5.91 Å². The van der Waals surface area contributed by atoms with Crippen LogP contribution < -0.4 is 5.32 Å². The van der Waals surface area contributed by atoms with E-state index in [1.54, 1.807) is 0 Å². The average molecular weight is 252 g/mol. The minimum atomic E-state index is -1.32. The molecule has 0 aliphatic heterocycles. The Hall–Kier alpha value is -2.44. The number of carboxylic acids is 1. The number of hydrogen-bond donors (Lipinski definition) is 2. The maximum absolute atomic E-state index is 11.7. The zero-order valence-corrected chi connectivity index (χ0v) is 9.62. The summed E-state index contributed by atoms with van der Waals surface area (Å²) in [6.07, 6.45) is 2.39. The van der Waals surface area contributed by atoms with Crippen LogP contribution >= 0.6 is 0 Å². The van der Waals surface area contributed by atoms with Crippen molar-refractivity contribution in [3.05, 3.63) is 30.1 Å². The van der Waals surface area contributed by atoms with Crippen LogP contribution in [0.1, 0.15) is 16.8 Å². The fourth-order valence-corrected chi connectivity index (χ4v) is 1.19. The van der Waals surface area contributed by atoms with Crippen LogP contribution in [-0.2, 0) is 14.3 Å². The van der Waals surface area contributed by atoms with Gasteiger partial charge in [0.1, 0.15) is 6.04 Å². The van der Waals surface area contributed by atoms with Crippen molar-refractivity contribution < 1.29 is 24.2 Å². The lowest BCUT2D eigenvalue weighted by Crippen LogP contribution is -2.42. The first-order valence-electron chi connectivity index (χ1n) is 5.05. The molecule has 0 saturated carbocycles. The van der Waals surface area contributed by atoms with Crippen LogP contribution in [0.5, 0.6) is 0 Å². The topological polar surface area (TPSA) is 106 Å². The second-order valence-corrected chi connectivity index (χ2v) is 3.38.